The Morgan fingerprint density at radius 1 is 1.30 bits per heavy atom. The second-order valence-corrected chi connectivity index (χ2v) is 5.42. The Morgan fingerprint density at radius 2 is 2.11 bits per heavy atom. The first-order chi connectivity index (χ1) is 13.1. The fraction of sp³-hybridized carbons (Fsp3) is 0.125. The fourth-order valence-electron chi connectivity index (χ4n) is 2.45. The van der Waals surface area contributed by atoms with E-state index in [4.69, 9.17) is 15.4 Å². The van der Waals surface area contributed by atoms with Crippen LogP contribution in [0.25, 0.3) is 6.08 Å². The predicted molar refractivity (Wildman–Crippen MR) is 96.5 cm³/mol. The normalized spacial score (nSPS) is 21.0. The number of fused-ring (bicyclic) bond motifs is 1. The molecule has 0 N–H and O–H groups in total. The highest BCUT2D eigenvalue weighted by molar-refractivity contribution is 7.74. The highest BCUT2D eigenvalue weighted by Gasteiger charge is 2.31. The molecule has 3 rings (SSSR count). The average Bonchev–Trinajstić information content (AvgIpc) is 3.00. The number of thiol groups is 1. The van der Waals surface area contributed by atoms with Crippen molar-refractivity contribution in [3.63, 3.8) is 0 Å². The van der Waals surface area contributed by atoms with E-state index < -0.39 is 6.04 Å². The summed E-state index contributed by atoms with van der Waals surface area (Å²) >= 11 is 3.39. The minimum Gasteiger partial charge on any atom is -0.321 e. The number of benzene rings is 1. The molecule has 27 heavy (non-hydrogen) atoms. The number of ketones is 1. The van der Waals surface area contributed by atoms with Gasteiger partial charge in [-0.1, -0.05) is 6.08 Å². The lowest BCUT2D eigenvalue weighted by molar-refractivity contribution is -0.402. The van der Waals surface area contributed by atoms with Crippen molar-refractivity contribution in [1.29, 1.82) is 10.5 Å². The summed E-state index contributed by atoms with van der Waals surface area (Å²) in [5.41, 5.74) is 1.26. The van der Waals surface area contributed by atoms with E-state index in [2.05, 4.69) is 37.5 Å². The third kappa shape index (κ3) is 3.56. The molecule has 0 fully saturated rings. The Bertz CT molecular complexity index is 1000. The third-order valence-electron chi connectivity index (χ3n) is 3.74. The van der Waals surface area contributed by atoms with Crippen LogP contribution < -0.4 is 4.89 Å². The van der Waals surface area contributed by atoms with Crippen molar-refractivity contribution in [2.45, 2.75) is 6.04 Å². The van der Waals surface area contributed by atoms with Crippen LogP contribution in [0.1, 0.15) is 11.1 Å². The van der Waals surface area contributed by atoms with E-state index in [-0.39, 0.29) is 23.2 Å². The molecule has 0 bridgehead atoms. The number of nitriles is 2. The fourth-order valence-corrected chi connectivity index (χ4v) is 2.48. The molecule has 11 heteroatoms. The molecular formula is C16H10N6O4S. The molecule has 1 aromatic carbocycles. The van der Waals surface area contributed by atoms with Gasteiger partial charge in [-0.3, -0.25) is 4.79 Å². The van der Waals surface area contributed by atoms with Crippen LogP contribution in [0.5, 0.6) is 5.75 Å². The number of allylic oxidation sites excluding steroid dienone is 1. The lowest BCUT2D eigenvalue weighted by atomic mass is 9.94. The molecule has 10 nitrogen and oxygen atoms in total. The third-order valence-corrected chi connectivity index (χ3v) is 3.81. The van der Waals surface area contributed by atoms with Crippen LogP contribution in [-0.2, 0) is 14.2 Å². The van der Waals surface area contributed by atoms with Crippen LogP contribution in [0.2, 0.25) is 0 Å². The molecule has 0 amide bonds. The molecule has 1 aromatic rings. The Kier molecular flexibility index (Phi) is 5.28. The Morgan fingerprint density at radius 3 is 2.78 bits per heavy atom. The number of carbonyl (C=O) groups is 1. The van der Waals surface area contributed by atoms with Crippen molar-refractivity contribution in [3.8, 4) is 17.9 Å². The van der Waals surface area contributed by atoms with E-state index in [1.807, 2.05) is 12.1 Å². The van der Waals surface area contributed by atoms with Crippen LogP contribution in [0.4, 0.5) is 0 Å². The molecule has 134 valence electrons. The van der Waals surface area contributed by atoms with E-state index in [0.717, 1.165) is 0 Å². The van der Waals surface area contributed by atoms with Crippen molar-refractivity contribution in [1.82, 2.24) is 4.90 Å². The summed E-state index contributed by atoms with van der Waals surface area (Å²) in [6.45, 7) is 0. The molecule has 0 spiro atoms. The lowest BCUT2D eigenvalue weighted by Crippen LogP contribution is -2.32. The Hall–Kier alpha value is -3.51. The van der Waals surface area contributed by atoms with Crippen LogP contribution in [0, 0.1) is 22.7 Å². The first kappa shape index (κ1) is 18.3. The zero-order chi connectivity index (χ0) is 19.4. The first-order valence-corrected chi connectivity index (χ1v) is 7.74. The van der Waals surface area contributed by atoms with Gasteiger partial charge in [0.25, 0.3) is 0 Å². The summed E-state index contributed by atoms with van der Waals surface area (Å²) < 4.78 is 4.07. The van der Waals surface area contributed by atoms with Crippen molar-refractivity contribution in [3.05, 3.63) is 35.4 Å². The van der Waals surface area contributed by atoms with E-state index >= 15 is 0 Å². The summed E-state index contributed by atoms with van der Waals surface area (Å²) in [7, 11) is 1.56. The smallest absolute Gasteiger partial charge is 0.247 e. The van der Waals surface area contributed by atoms with Crippen molar-refractivity contribution in [2.75, 3.05) is 7.05 Å². The quantitative estimate of drug-likeness (QED) is 0.358. The first-order valence-electron chi connectivity index (χ1n) is 7.37. The summed E-state index contributed by atoms with van der Waals surface area (Å²) in [5, 5.41) is 30.4. The zero-order valence-corrected chi connectivity index (χ0v) is 14.6. The zero-order valence-electron chi connectivity index (χ0n) is 13.7. The summed E-state index contributed by atoms with van der Waals surface area (Å²) in [6, 6.07) is 7.72. The van der Waals surface area contributed by atoms with Crippen molar-refractivity contribution >= 4 is 42.2 Å². The van der Waals surface area contributed by atoms with Gasteiger partial charge in [0.05, 0.1) is 6.07 Å². The van der Waals surface area contributed by atoms with Gasteiger partial charge >= 0.3 is 0 Å². The van der Waals surface area contributed by atoms with Crippen LogP contribution >= 0.6 is 12.9 Å². The molecular weight excluding hydrogens is 372 g/mol. The molecule has 1 heterocycles. The van der Waals surface area contributed by atoms with Gasteiger partial charge in [-0.2, -0.15) is 10.5 Å². The van der Waals surface area contributed by atoms with Crippen LogP contribution in [0.3, 0.4) is 0 Å². The molecule has 0 radical (unpaired) electrons. The van der Waals surface area contributed by atoms with Gasteiger partial charge in [-0.15, -0.1) is 14.5 Å². The van der Waals surface area contributed by atoms with E-state index in [9.17, 15) is 4.79 Å². The monoisotopic (exact) mass is 382 g/mol. The van der Waals surface area contributed by atoms with Crippen LogP contribution in [0.15, 0.2) is 39.5 Å². The van der Waals surface area contributed by atoms with Gasteiger partial charge in [-0.25, -0.2) is 4.99 Å². The number of hydrogen-bond acceptors (Lipinski definition) is 9. The van der Waals surface area contributed by atoms with Gasteiger partial charge in [-0.05, 0) is 34.9 Å². The number of rotatable bonds is 4. The number of guanidine groups is 1. The van der Waals surface area contributed by atoms with Gasteiger partial charge < -0.3 is 9.79 Å². The average molecular weight is 382 g/mol. The summed E-state index contributed by atoms with van der Waals surface area (Å²) in [5.74, 6) is 0.0364. The number of carbonyl (C=O) groups excluding carboxylic acids is 1. The summed E-state index contributed by atoms with van der Waals surface area (Å²) in [4.78, 5) is 22.4. The SMILES string of the molecule is CN1C(=NN=C2C(=O)C=Cc3cc(OOOS)ccc32)N=C(C#N)C1C#N. The molecule has 0 saturated carbocycles. The Labute approximate surface area is 158 Å². The molecule has 2 aliphatic rings. The molecule has 1 aliphatic carbocycles. The van der Waals surface area contributed by atoms with Crippen molar-refractivity contribution < 1.29 is 19.1 Å². The largest absolute Gasteiger partial charge is 0.321 e. The van der Waals surface area contributed by atoms with E-state index in [1.54, 1.807) is 31.3 Å². The van der Waals surface area contributed by atoms with Gasteiger partial charge in [0, 0.05) is 25.5 Å². The number of aliphatic imine (C=N–C) groups is 1. The maximum atomic E-state index is 12.2. The van der Waals surface area contributed by atoms with Gasteiger partial charge in [0.2, 0.25) is 11.7 Å². The maximum Gasteiger partial charge on any atom is 0.247 e. The maximum absolute atomic E-state index is 12.2. The minimum absolute atomic E-state index is 0.0161. The standard InChI is InChI=1S/C16H10N6O4S/c1-22-13(8-18)12(7-17)19-16(22)21-20-15-11-4-3-10(24-25-26-27)6-9(11)2-5-14(15)23/h2-6,13,27H,1H3. The molecule has 1 aliphatic heterocycles. The highest BCUT2D eigenvalue weighted by Crippen LogP contribution is 2.24. The highest BCUT2D eigenvalue weighted by atomic mass is 32.1. The van der Waals surface area contributed by atoms with Crippen molar-refractivity contribution in [2.24, 2.45) is 15.2 Å². The van der Waals surface area contributed by atoms with Gasteiger partial charge in [0.15, 0.2) is 17.5 Å². The topological polar surface area (TPSA) is 133 Å². The van der Waals surface area contributed by atoms with Crippen LogP contribution in [-0.4, -0.2) is 41.2 Å². The molecule has 0 saturated heterocycles. The van der Waals surface area contributed by atoms with Gasteiger partial charge in [0.1, 0.15) is 11.8 Å². The lowest BCUT2D eigenvalue weighted by Gasteiger charge is -2.14. The Balaban J connectivity index is 1.95. The van der Waals surface area contributed by atoms with E-state index in [0.29, 0.717) is 16.9 Å². The number of hydrogen-bond donors (Lipinski definition) is 1. The molecule has 0 aromatic heterocycles. The summed E-state index contributed by atoms with van der Waals surface area (Å²) in [6.07, 6.45) is 2.93. The molecule has 1 atom stereocenters. The number of nitrogens with zero attached hydrogens (tertiary/aromatic N) is 6. The minimum atomic E-state index is -0.836. The second-order valence-electron chi connectivity index (χ2n) is 5.27. The van der Waals surface area contributed by atoms with E-state index in [1.165, 1.54) is 11.0 Å². The second kappa shape index (κ2) is 7.80. The predicted octanol–water partition coefficient (Wildman–Crippen LogP) is 1.23. The molecule has 1 unspecified atom stereocenters.